The van der Waals surface area contributed by atoms with E-state index in [1.165, 1.54) is 12.1 Å². The highest BCUT2D eigenvalue weighted by molar-refractivity contribution is 6.04. The van der Waals surface area contributed by atoms with E-state index in [-0.39, 0.29) is 11.8 Å². The molecule has 0 bridgehead atoms. The monoisotopic (exact) mass is 246 g/mol. The van der Waals surface area contributed by atoms with Crippen molar-refractivity contribution in [1.29, 1.82) is 0 Å². The lowest BCUT2D eigenvalue weighted by atomic mass is 10.0. The Kier molecular flexibility index (Phi) is 3.92. The number of hydrogen-bond donors (Lipinski definition) is 0. The first-order chi connectivity index (χ1) is 8.74. The molecule has 0 saturated heterocycles. The molecule has 94 valence electrons. The van der Waals surface area contributed by atoms with Crippen LogP contribution in [0.1, 0.15) is 30.1 Å². The molecule has 2 rings (SSSR count). The number of unbranched alkanes of at least 4 members (excludes halogenated alkanes) is 1. The minimum atomic E-state index is -0.389. The third-order valence-corrected chi connectivity index (χ3v) is 2.82. The predicted molar refractivity (Wildman–Crippen MR) is 69.1 cm³/mol. The smallest absolute Gasteiger partial charge is 0.338 e. The number of halogens is 1. The van der Waals surface area contributed by atoms with Crippen molar-refractivity contribution in [3.8, 4) is 0 Å². The van der Waals surface area contributed by atoms with Crippen LogP contribution in [0.2, 0.25) is 0 Å². The zero-order valence-electron chi connectivity index (χ0n) is 10.3. The molecule has 2 aromatic carbocycles. The Morgan fingerprint density at radius 2 is 1.89 bits per heavy atom. The summed E-state index contributed by atoms with van der Waals surface area (Å²) < 4.78 is 18.7. The summed E-state index contributed by atoms with van der Waals surface area (Å²) in [5.41, 5.74) is 0.420. The molecule has 0 amide bonds. The highest BCUT2D eigenvalue weighted by Gasteiger charge is 2.13. The molecule has 2 nitrogen and oxygen atoms in total. The highest BCUT2D eigenvalue weighted by Crippen LogP contribution is 2.22. The molecule has 0 heterocycles. The lowest BCUT2D eigenvalue weighted by Gasteiger charge is -2.07. The van der Waals surface area contributed by atoms with Gasteiger partial charge >= 0.3 is 5.97 Å². The van der Waals surface area contributed by atoms with Crippen molar-refractivity contribution in [3.63, 3.8) is 0 Å². The van der Waals surface area contributed by atoms with Gasteiger partial charge in [-0.3, -0.25) is 0 Å². The molecule has 0 aliphatic carbocycles. The largest absolute Gasteiger partial charge is 0.462 e. The van der Waals surface area contributed by atoms with Crippen LogP contribution in [0, 0.1) is 5.82 Å². The van der Waals surface area contributed by atoms with E-state index in [4.69, 9.17) is 4.74 Å². The average Bonchev–Trinajstić information content (AvgIpc) is 2.39. The predicted octanol–water partition coefficient (Wildman–Crippen LogP) is 3.94. The summed E-state index contributed by atoms with van der Waals surface area (Å²) in [6.07, 6.45) is 1.81. The minimum absolute atomic E-state index is 0.323. The molecule has 0 aliphatic heterocycles. The summed E-state index contributed by atoms with van der Waals surface area (Å²) in [4.78, 5) is 11.9. The number of fused-ring (bicyclic) bond motifs is 1. The second-order valence-corrected chi connectivity index (χ2v) is 4.13. The fraction of sp³-hybridized carbons (Fsp3) is 0.267. The normalized spacial score (nSPS) is 10.6. The van der Waals surface area contributed by atoms with Crippen LogP contribution < -0.4 is 0 Å². The van der Waals surface area contributed by atoms with E-state index >= 15 is 0 Å². The van der Waals surface area contributed by atoms with E-state index in [9.17, 15) is 9.18 Å². The first-order valence-corrected chi connectivity index (χ1v) is 6.08. The molecule has 0 unspecified atom stereocenters. The number of carbonyl (C=O) groups excluding carboxylic acids is 1. The van der Waals surface area contributed by atoms with Gasteiger partial charge < -0.3 is 4.74 Å². The van der Waals surface area contributed by atoms with Crippen molar-refractivity contribution in [3.05, 3.63) is 47.8 Å². The van der Waals surface area contributed by atoms with Crippen LogP contribution in [-0.4, -0.2) is 12.6 Å². The number of benzene rings is 2. The maximum Gasteiger partial charge on any atom is 0.338 e. The van der Waals surface area contributed by atoms with Gasteiger partial charge in [-0.05, 0) is 23.9 Å². The highest BCUT2D eigenvalue weighted by atomic mass is 19.1. The lowest BCUT2D eigenvalue weighted by molar-refractivity contribution is 0.0502. The first kappa shape index (κ1) is 12.6. The van der Waals surface area contributed by atoms with E-state index in [1.807, 2.05) is 6.92 Å². The van der Waals surface area contributed by atoms with Gasteiger partial charge in [0, 0.05) is 5.39 Å². The van der Waals surface area contributed by atoms with E-state index < -0.39 is 0 Å². The molecule has 0 atom stereocenters. The zero-order chi connectivity index (χ0) is 13.0. The minimum Gasteiger partial charge on any atom is -0.462 e. The van der Waals surface area contributed by atoms with Gasteiger partial charge in [-0.15, -0.1) is 0 Å². The fourth-order valence-electron chi connectivity index (χ4n) is 1.83. The van der Waals surface area contributed by atoms with Crippen LogP contribution in [0.25, 0.3) is 10.8 Å². The van der Waals surface area contributed by atoms with Crippen molar-refractivity contribution in [2.45, 2.75) is 19.8 Å². The Balaban J connectivity index is 2.33. The molecule has 0 spiro atoms. The molecular formula is C15H15FO2. The molecule has 18 heavy (non-hydrogen) atoms. The molecule has 0 fully saturated rings. The quantitative estimate of drug-likeness (QED) is 0.603. The number of ether oxygens (including phenoxy) is 1. The van der Waals surface area contributed by atoms with Gasteiger partial charge in [0.1, 0.15) is 5.82 Å². The van der Waals surface area contributed by atoms with Gasteiger partial charge in [-0.1, -0.05) is 37.6 Å². The van der Waals surface area contributed by atoms with Crippen molar-refractivity contribution in [2.24, 2.45) is 0 Å². The van der Waals surface area contributed by atoms with E-state index in [1.54, 1.807) is 24.3 Å². The van der Waals surface area contributed by atoms with Gasteiger partial charge in [-0.2, -0.15) is 0 Å². The number of hydrogen-bond acceptors (Lipinski definition) is 2. The van der Waals surface area contributed by atoms with Crippen LogP contribution in [0.15, 0.2) is 36.4 Å². The zero-order valence-corrected chi connectivity index (χ0v) is 10.3. The van der Waals surface area contributed by atoms with Gasteiger partial charge in [-0.25, -0.2) is 9.18 Å². The molecular weight excluding hydrogens is 231 g/mol. The third kappa shape index (κ3) is 2.50. The number of carbonyl (C=O) groups is 1. The number of esters is 1. The van der Waals surface area contributed by atoms with Crippen molar-refractivity contribution >= 4 is 16.7 Å². The summed E-state index contributed by atoms with van der Waals surface area (Å²) in [7, 11) is 0. The van der Waals surface area contributed by atoms with E-state index in [0.29, 0.717) is 22.9 Å². The van der Waals surface area contributed by atoms with Crippen LogP contribution in [0.3, 0.4) is 0 Å². The molecule has 0 aliphatic rings. The van der Waals surface area contributed by atoms with Crippen LogP contribution in [-0.2, 0) is 4.74 Å². The SMILES string of the molecule is CCCCOC(=O)c1ccc(F)c2ccccc12. The van der Waals surface area contributed by atoms with Gasteiger partial charge in [0.2, 0.25) is 0 Å². The maximum atomic E-state index is 13.6. The van der Waals surface area contributed by atoms with E-state index in [2.05, 4.69) is 0 Å². The standard InChI is InChI=1S/C15H15FO2/c1-2-3-10-18-15(17)13-8-9-14(16)12-7-5-4-6-11(12)13/h4-9H,2-3,10H2,1H3. The summed E-state index contributed by atoms with van der Waals surface area (Å²) in [6, 6.07) is 9.70. The van der Waals surface area contributed by atoms with Gasteiger partial charge in [0.15, 0.2) is 0 Å². The molecule has 2 aromatic rings. The van der Waals surface area contributed by atoms with Crippen molar-refractivity contribution in [2.75, 3.05) is 6.61 Å². The van der Waals surface area contributed by atoms with E-state index in [0.717, 1.165) is 12.8 Å². The van der Waals surface area contributed by atoms with Crippen LogP contribution >= 0.6 is 0 Å². The van der Waals surface area contributed by atoms with Crippen molar-refractivity contribution in [1.82, 2.24) is 0 Å². The summed E-state index contributed by atoms with van der Waals surface area (Å²) in [6.45, 7) is 2.43. The molecule has 0 N–H and O–H groups in total. The van der Waals surface area contributed by atoms with Gasteiger partial charge in [0.05, 0.1) is 12.2 Å². The second kappa shape index (κ2) is 5.63. The summed E-state index contributed by atoms with van der Waals surface area (Å²) >= 11 is 0. The maximum absolute atomic E-state index is 13.6. The van der Waals surface area contributed by atoms with Gasteiger partial charge in [0.25, 0.3) is 0 Å². The number of rotatable bonds is 4. The average molecular weight is 246 g/mol. The first-order valence-electron chi connectivity index (χ1n) is 6.08. The Hall–Kier alpha value is -1.90. The Bertz CT molecular complexity index is 563. The summed E-state index contributed by atoms with van der Waals surface area (Å²) in [5.74, 6) is -0.713. The summed E-state index contributed by atoms with van der Waals surface area (Å²) in [5, 5.41) is 1.04. The fourth-order valence-corrected chi connectivity index (χ4v) is 1.83. The Morgan fingerprint density at radius 1 is 1.17 bits per heavy atom. The van der Waals surface area contributed by atoms with Crippen molar-refractivity contribution < 1.29 is 13.9 Å². The molecule has 3 heteroatoms. The lowest BCUT2D eigenvalue weighted by Crippen LogP contribution is -2.07. The van der Waals surface area contributed by atoms with Crippen LogP contribution in [0.4, 0.5) is 4.39 Å². The molecule has 0 radical (unpaired) electrons. The Morgan fingerprint density at radius 3 is 2.61 bits per heavy atom. The molecule has 0 saturated carbocycles. The third-order valence-electron chi connectivity index (χ3n) is 2.82. The topological polar surface area (TPSA) is 26.3 Å². The Labute approximate surface area is 105 Å². The molecule has 0 aromatic heterocycles. The van der Waals surface area contributed by atoms with Crippen LogP contribution in [0.5, 0.6) is 0 Å². The second-order valence-electron chi connectivity index (χ2n) is 4.13.